The van der Waals surface area contributed by atoms with E-state index in [1.165, 1.54) is 10.2 Å². The molecule has 0 atom stereocenters. The first kappa shape index (κ1) is 13.2. The summed E-state index contributed by atoms with van der Waals surface area (Å²) in [6.45, 7) is 2.19. The molecule has 0 saturated carbocycles. The van der Waals surface area contributed by atoms with Crippen molar-refractivity contribution in [2.24, 2.45) is 0 Å². The molecule has 0 aliphatic heterocycles. The molecule has 0 fully saturated rings. The standard InChI is InChI=1S/C13H16N4O2/c1-2-19-13(18)10-17-12(14-15-16-17)9-8-11-6-4-3-5-7-11/h3-7H,2,8-10H2,1H3. The summed E-state index contributed by atoms with van der Waals surface area (Å²) >= 11 is 0. The lowest BCUT2D eigenvalue weighted by Gasteiger charge is -2.04. The van der Waals surface area contributed by atoms with Crippen molar-refractivity contribution in [2.75, 3.05) is 6.61 Å². The molecule has 2 aromatic rings. The fourth-order valence-corrected chi connectivity index (χ4v) is 1.75. The van der Waals surface area contributed by atoms with E-state index in [9.17, 15) is 4.79 Å². The molecule has 0 radical (unpaired) electrons. The van der Waals surface area contributed by atoms with Crippen LogP contribution in [0.3, 0.4) is 0 Å². The van der Waals surface area contributed by atoms with Gasteiger partial charge in [-0.25, -0.2) is 4.68 Å². The van der Waals surface area contributed by atoms with E-state index in [4.69, 9.17) is 4.74 Å². The summed E-state index contributed by atoms with van der Waals surface area (Å²) in [6.07, 6.45) is 1.53. The van der Waals surface area contributed by atoms with Gasteiger partial charge in [-0.3, -0.25) is 4.79 Å². The van der Waals surface area contributed by atoms with E-state index in [2.05, 4.69) is 27.7 Å². The predicted octanol–water partition coefficient (Wildman–Crippen LogP) is 1.02. The molecule has 19 heavy (non-hydrogen) atoms. The topological polar surface area (TPSA) is 69.9 Å². The van der Waals surface area contributed by atoms with E-state index in [1.54, 1.807) is 6.92 Å². The fraction of sp³-hybridized carbons (Fsp3) is 0.385. The van der Waals surface area contributed by atoms with E-state index in [1.807, 2.05) is 18.2 Å². The highest BCUT2D eigenvalue weighted by Gasteiger charge is 2.10. The van der Waals surface area contributed by atoms with Crippen LogP contribution in [0.1, 0.15) is 18.3 Å². The third kappa shape index (κ3) is 3.87. The van der Waals surface area contributed by atoms with Gasteiger partial charge in [0.25, 0.3) is 0 Å². The molecular weight excluding hydrogens is 244 g/mol. The number of carbonyl (C=O) groups is 1. The van der Waals surface area contributed by atoms with Crippen LogP contribution < -0.4 is 0 Å². The Morgan fingerprint density at radius 1 is 1.26 bits per heavy atom. The summed E-state index contributed by atoms with van der Waals surface area (Å²) in [4.78, 5) is 11.4. The first-order valence-electron chi connectivity index (χ1n) is 6.24. The maximum atomic E-state index is 11.4. The summed E-state index contributed by atoms with van der Waals surface area (Å²) < 4.78 is 6.36. The van der Waals surface area contributed by atoms with Crippen LogP contribution in [-0.4, -0.2) is 32.8 Å². The summed E-state index contributed by atoms with van der Waals surface area (Å²) in [5, 5.41) is 11.3. The predicted molar refractivity (Wildman–Crippen MR) is 68.3 cm³/mol. The lowest BCUT2D eigenvalue weighted by atomic mass is 10.1. The van der Waals surface area contributed by atoms with Gasteiger partial charge in [-0.1, -0.05) is 30.3 Å². The molecule has 0 saturated heterocycles. The lowest BCUT2D eigenvalue weighted by Crippen LogP contribution is -2.17. The number of esters is 1. The number of nitrogens with zero attached hydrogens (tertiary/aromatic N) is 4. The maximum absolute atomic E-state index is 11.4. The van der Waals surface area contributed by atoms with E-state index in [0.29, 0.717) is 18.9 Å². The molecule has 0 aliphatic rings. The van der Waals surface area contributed by atoms with Crippen molar-refractivity contribution in [3.63, 3.8) is 0 Å². The summed E-state index contributed by atoms with van der Waals surface area (Å²) in [7, 11) is 0. The highest BCUT2D eigenvalue weighted by Crippen LogP contribution is 2.04. The quantitative estimate of drug-likeness (QED) is 0.725. The normalized spacial score (nSPS) is 10.4. The molecule has 1 aromatic heterocycles. The molecule has 0 aliphatic carbocycles. The Kier molecular flexibility index (Phi) is 4.60. The van der Waals surface area contributed by atoms with Crippen LogP contribution in [0.2, 0.25) is 0 Å². The minimum Gasteiger partial charge on any atom is -0.465 e. The van der Waals surface area contributed by atoms with Crippen LogP contribution >= 0.6 is 0 Å². The highest BCUT2D eigenvalue weighted by atomic mass is 16.5. The van der Waals surface area contributed by atoms with Crippen LogP contribution in [0.15, 0.2) is 30.3 Å². The van der Waals surface area contributed by atoms with Gasteiger partial charge in [-0.05, 0) is 29.3 Å². The van der Waals surface area contributed by atoms with Crippen LogP contribution in [0, 0.1) is 0 Å². The van der Waals surface area contributed by atoms with Gasteiger partial charge in [-0.15, -0.1) is 5.10 Å². The van der Waals surface area contributed by atoms with Crippen molar-refractivity contribution in [1.29, 1.82) is 0 Å². The average Bonchev–Trinajstić information content (AvgIpc) is 2.85. The van der Waals surface area contributed by atoms with Gasteiger partial charge in [0.05, 0.1) is 6.61 Å². The zero-order valence-electron chi connectivity index (χ0n) is 10.8. The van der Waals surface area contributed by atoms with Gasteiger partial charge < -0.3 is 4.74 Å². The molecule has 0 amide bonds. The molecule has 0 spiro atoms. The van der Waals surface area contributed by atoms with Crippen LogP contribution in [0.5, 0.6) is 0 Å². The molecule has 6 heteroatoms. The van der Waals surface area contributed by atoms with E-state index < -0.39 is 0 Å². The number of carbonyl (C=O) groups excluding carboxylic acids is 1. The van der Waals surface area contributed by atoms with Crippen LogP contribution in [-0.2, 0) is 28.9 Å². The third-order valence-electron chi connectivity index (χ3n) is 2.67. The Morgan fingerprint density at radius 2 is 2.05 bits per heavy atom. The zero-order chi connectivity index (χ0) is 13.5. The SMILES string of the molecule is CCOC(=O)Cn1nnnc1CCc1ccccc1. The second kappa shape index (κ2) is 6.63. The monoisotopic (exact) mass is 260 g/mol. The number of ether oxygens (including phenoxy) is 1. The molecule has 6 nitrogen and oxygen atoms in total. The van der Waals surface area contributed by atoms with Crippen molar-refractivity contribution in [2.45, 2.75) is 26.3 Å². The smallest absolute Gasteiger partial charge is 0.327 e. The van der Waals surface area contributed by atoms with Gasteiger partial charge in [-0.2, -0.15) is 0 Å². The Hall–Kier alpha value is -2.24. The molecule has 1 heterocycles. The zero-order valence-corrected chi connectivity index (χ0v) is 10.8. The fourth-order valence-electron chi connectivity index (χ4n) is 1.75. The minimum absolute atomic E-state index is 0.0605. The number of aryl methyl sites for hydroxylation is 2. The van der Waals surface area contributed by atoms with Gasteiger partial charge in [0, 0.05) is 6.42 Å². The van der Waals surface area contributed by atoms with Gasteiger partial charge in [0.15, 0.2) is 5.82 Å². The summed E-state index contributed by atoms with van der Waals surface area (Å²) in [6, 6.07) is 10.1. The van der Waals surface area contributed by atoms with E-state index >= 15 is 0 Å². The van der Waals surface area contributed by atoms with Crippen molar-refractivity contribution in [3.8, 4) is 0 Å². The van der Waals surface area contributed by atoms with Crippen molar-refractivity contribution in [3.05, 3.63) is 41.7 Å². The van der Waals surface area contributed by atoms with Crippen LogP contribution in [0.25, 0.3) is 0 Å². The molecule has 0 N–H and O–H groups in total. The highest BCUT2D eigenvalue weighted by molar-refractivity contribution is 5.69. The number of aromatic nitrogens is 4. The largest absolute Gasteiger partial charge is 0.465 e. The molecule has 100 valence electrons. The molecule has 1 aromatic carbocycles. The molecule has 0 bridgehead atoms. The van der Waals surface area contributed by atoms with Gasteiger partial charge in [0.2, 0.25) is 0 Å². The lowest BCUT2D eigenvalue weighted by molar-refractivity contribution is -0.144. The Labute approximate surface area is 111 Å². The molecule has 0 unspecified atom stereocenters. The number of hydrogen-bond acceptors (Lipinski definition) is 5. The average molecular weight is 260 g/mol. The Morgan fingerprint density at radius 3 is 2.79 bits per heavy atom. The Balaban J connectivity index is 1.94. The summed E-state index contributed by atoms with van der Waals surface area (Å²) in [5.41, 5.74) is 1.22. The first-order valence-corrected chi connectivity index (χ1v) is 6.24. The molecular formula is C13H16N4O2. The van der Waals surface area contributed by atoms with Crippen molar-refractivity contribution < 1.29 is 9.53 Å². The van der Waals surface area contributed by atoms with Gasteiger partial charge >= 0.3 is 5.97 Å². The van der Waals surface area contributed by atoms with E-state index in [0.717, 1.165) is 6.42 Å². The number of benzene rings is 1. The minimum atomic E-state index is -0.323. The second-order valence-corrected chi connectivity index (χ2v) is 4.04. The first-order chi connectivity index (χ1) is 9.29. The van der Waals surface area contributed by atoms with Crippen molar-refractivity contribution >= 4 is 5.97 Å². The second-order valence-electron chi connectivity index (χ2n) is 4.04. The maximum Gasteiger partial charge on any atom is 0.327 e. The number of tetrazole rings is 1. The van der Waals surface area contributed by atoms with Crippen molar-refractivity contribution in [1.82, 2.24) is 20.2 Å². The molecule has 2 rings (SSSR count). The van der Waals surface area contributed by atoms with Gasteiger partial charge in [0.1, 0.15) is 6.54 Å². The Bertz CT molecular complexity index is 524. The summed E-state index contributed by atoms with van der Waals surface area (Å²) in [5.74, 6) is 0.368. The third-order valence-corrected chi connectivity index (χ3v) is 2.67. The number of hydrogen-bond donors (Lipinski definition) is 0. The van der Waals surface area contributed by atoms with E-state index in [-0.39, 0.29) is 12.5 Å². The van der Waals surface area contributed by atoms with Crippen LogP contribution in [0.4, 0.5) is 0 Å². The number of rotatable bonds is 6.